The van der Waals surface area contributed by atoms with Gasteiger partial charge in [-0.2, -0.15) is 0 Å². The lowest BCUT2D eigenvalue weighted by Crippen LogP contribution is -2.13. The molecule has 1 aliphatic rings. The largest absolute Gasteiger partial charge is 0.369 e. The predicted molar refractivity (Wildman–Crippen MR) is 92.6 cm³/mol. The van der Waals surface area contributed by atoms with Crippen LogP contribution in [0.3, 0.4) is 0 Å². The third-order valence-electron chi connectivity index (χ3n) is 4.01. The average molecular weight is 335 g/mol. The van der Waals surface area contributed by atoms with Crippen molar-refractivity contribution in [3.8, 4) is 0 Å². The molecule has 3 rings (SSSR count). The first-order chi connectivity index (χ1) is 10.5. The molecule has 22 heavy (non-hydrogen) atoms. The molecule has 0 unspecified atom stereocenters. The molecule has 2 aromatic rings. The number of nitrogens with two attached hydrogens (primary N) is 1. The molecule has 0 spiro atoms. The summed E-state index contributed by atoms with van der Waals surface area (Å²) in [7, 11) is 0. The van der Waals surface area contributed by atoms with Crippen molar-refractivity contribution >= 4 is 39.2 Å². The van der Waals surface area contributed by atoms with E-state index in [1.807, 2.05) is 0 Å². The number of hydrogen-bond donors (Lipinski definition) is 1. The van der Waals surface area contributed by atoms with Crippen molar-refractivity contribution in [2.24, 2.45) is 11.7 Å². The molecule has 6 heteroatoms. The molecule has 0 aliphatic heterocycles. The summed E-state index contributed by atoms with van der Waals surface area (Å²) < 4.78 is 0. The van der Waals surface area contributed by atoms with Gasteiger partial charge >= 0.3 is 0 Å². The number of aromatic nitrogens is 2. The van der Waals surface area contributed by atoms with Gasteiger partial charge in [0.25, 0.3) is 0 Å². The Morgan fingerprint density at radius 2 is 2.23 bits per heavy atom. The van der Waals surface area contributed by atoms with E-state index in [0.29, 0.717) is 0 Å². The molecule has 0 fully saturated rings. The van der Waals surface area contributed by atoms with E-state index in [2.05, 4.69) is 20.8 Å². The molecule has 2 heterocycles. The lowest BCUT2D eigenvalue weighted by atomic mass is 9.89. The molecule has 118 valence electrons. The van der Waals surface area contributed by atoms with Gasteiger partial charge in [0.15, 0.2) is 0 Å². The van der Waals surface area contributed by atoms with E-state index in [1.165, 1.54) is 34.0 Å². The van der Waals surface area contributed by atoms with Crippen LogP contribution in [0.2, 0.25) is 0 Å². The van der Waals surface area contributed by atoms with Crippen LogP contribution in [0, 0.1) is 5.92 Å². The Morgan fingerprint density at radius 3 is 2.91 bits per heavy atom. The monoisotopic (exact) mass is 335 g/mol. The van der Waals surface area contributed by atoms with Crippen LogP contribution >= 0.6 is 23.1 Å². The highest BCUT2D eigenvalue weighted by Crippen LogP contribution is 2.41. The van der Waals surface area contributed by atoms with Crippen molar-refractivity contribution in [2.75, 3.05) is 5.75 Å². The van der Waals surface area contributed by atoms with Crippen LogP contribution in [0.5, 0.6) is 0 Å². The highest BCUT2D eigenvalue weighted by atomic mass is 32.2. The summed E-state index contributed by atoms with van der Waals surface area (Å²) in [4.78, 5) is 23.2. The van der Waals surface area contributed by atoms with Crippen molar-refractivity contribution in [2.45, 2.75) is 51.0 Å². The molecule has 0 bridgehead atoms. The zero-order chi connectivity index (χ0) is 15.9. The predicted octanol–water partition coefficient (Wildman–Crippen LogP) is 3.52. The van der Waals surface area contributed by atoms with Crippen LogP contribution in [0.25, 0.3) is 10.2 Å². The average Bonchev–Trinajstić information content (AvgIpc) is 2.81. The third kappa shape index (κ3) is 2.99. The minimum absolute atomic E-state index is 0.269. The molecule has 0 saturated heterocycles. The molecular weight excluding hydrogens is 314 g/mol. The van der Waals surface area contributed by atoms with E-state index < -0.39 is 0 Å². The maximum atomic E-state index is 11.2. The summed E-state index contributed by atoms with van der Waals surface area (Å²) in [5.74, 6) is 1.83. The first-order valence-electron chi connectivity index (χ1n) is 7.69. The second-order valence-corrected chi connectivity index (χ2v) is 8.38. The van der Waals surface area contributed by atoms with Crippen LogP contribution in [-0.2, 0) is 17.6 Å². The number of thioether (sulfide) groups is 1. The number of carbonyl (C=O) groups excluding carboxylic acids is 1. The number of rotatable bonds is 4. The van der Waals surface area contributed by atoms with Gasteiger partial charge in [0.05, 0.1) is 5.75 Å². The van der Waals surface area contributed by atoms with Gasteiger partial charge in [0.1, 0.15) is 15.7 Å². The lowest BCUT2D eigenvalue weighted by Gasteiger charge is -2.18. The topological polar surface area (TPSA) is 68.9 Å². The summed E-state index contributed by atoms with van der Waals surface area (Å²) in [5.41, 5.74) is 6.72. The molecule has 0 radical (unpaired) electrons. The van der Waals surface area contributed by atoms with Crippen molar-refractivity contribution in [3.63, 3.8) is 0 Å². The smallest absolute Gasteiger partial charge is 0.227 e. The molecule has 0 aromatic carbocycles. The fourth-order valence-corrected chi connectivity index (χ4v) is 5.08. The number of fused-ring (bicyclic) bond motifs is 3. The summed E-state index contributed by atoms with van der Waals surface area (Å²) in [5, 5.41) is 2.10. The van der Waals surface area contributed by atoms with Gasteiger partial charge in [0.2, 0.25) is 5.91 Å². The molecule has 1 amide bonds. The second kappa shape index (κ2) is 6.16. The number of nitrogens with zero attached hydrogens (tertiary/aromatic N) is 2. The van der Waals surface area contributed by atoms with Crippen LogP contribution in [0.15, 0.2) is 5.03 Å². The Balaban J connectivity index is 2.14. The zero-order valence-corrected chi connectivity index (χ0v) is 14.8. The van der Waals surface area contributed by atoms with Gasteiger partial charge < -0.3 is 5.73 Å². The maximum Gasteiger partial charge on any atom is 0.227 e. The van der Waals surface area contributed by atoms with Gasteiger partial charge in [-0.1, -0.05) is 32.5 Å². The molecule has 1 aliphatic carbocycles. The van der Waals surface area contributed by atoms with E-state index >= 15 is 0 Å². The first-order valence-corrected chi connectivity index (χ1v) is 9.49. The van der Waals surface area contributed by atoms with Crippen molar-refractivity contribution in [3.05, 3.63) is 16.3 Å². The number of carbonyl (C=O) groups is 1. The highest BCUT2D eigenvalue weighted by molar-refractivity contribution is 8.00. The van der Waals surface area contributed by atoms with Gasteiger partial charge in [0, 0.05) is 16.2 Å². The van der Waals surface area contributed by atoms with E-state index in [4.69, 9.17) is 15.7 Å². The Kier molecular flexibility index (Phi) is 4.41. The Labute approximate surface area is 138 Å². The summed E-state index contributed by atoms with van der Waals surface area (Å²) in [6.07, 6.45) is 3.43. The quantitative estimate of drug-likeness (QED) is 0.685. The Morgan fingerprint density at radius 1 is 1.45 bits per heavy atom. The molecule has 2 N–H and O–H groups in total. The summed E-state index contributed by atoms with van der Waals surface area (Å²) in [6.45, 7) is 6.50. The van der Waals surface area contributed by atoms with Crippen molar-refractivity contribution < 1.29 is 4.79 Å². The minimum atomic E-state index is -0.305. The SMILES string of the molecule is CC(C)c1nc(SCC(N)=O)c2c3c(sc2n1)C[C@@H](C)CC3. The Hall–Kier alpha value is -1.14. The Bertz CT molecular complexity index is 724. The van der Waals surface area contributed by atoms with Crippen LogP contribution in [-0.4, -0.2) is 21.6 Å². The van der Waals surface area contributed by atoms with E-state index in [9.17, 15) is 4.79 Å². The molecule has 0 saturated carbocycles. The first kappa shape index (κ1) is 15.7. The van der Waals surface area contributed by atoms with Crippen LogP contribution in [0.1, 0.15) is 49.4 Å². The minimum Gasteiger partial charge on any atom is -0.369 e. The summed E-state index contributed by atoms with van der Waals surface area (Å²) >= 11 is 3.25. The normalized spacial score (nSPS) is 17.9. The number of aryl methyl sites for hydroxylation is 1. The van der Waals surface area contributed by atoms with Crippen LogP contribution < -0.4 is 5.73 Å². The van der Waals surface area contributed by atoms with E-state index in [1.54, 1.807) is 11.3 Å². The maximum absolute atomic E-state index is 11.2. The van der Waals surface area contributed by atoms with Crippen molar-refractivity contribution in [1.82, 2.24) is 9.97 Å². The molecule has 2 aromatic heterocycles. The molecule has 1 atom stereocenters. The van der Waals surface area contributed by atoms with E-state index in [0.717, 1.165) is 34.4 Å². The van der Waals surface area contributed by atoms with Gasteiger partial charge in [-0.05, 0) is 30.7 Å². The molecular formula is C16H21N3OS2. The number of thiophene rings is 1. The highest BCUT2D eigenvalue weighted by Gasteiger charge is 2.24. The third-order valence-corrected chi connectivity index (χ3v) is 6.15. The fourth-order valence-electron chi connectivity index (χ4n) is 2.83. The summed E-state index contributed by atoms with van der Waals surface area (Å²) in [6, 6.07) is 0. The fraction of sp³-hybridized carbons (Fsp3) is 0.562. The number of amides is 1. The number of hydrogen-bond acceptors (Lipinski definition) is 5. The zero-order valence-electron chi connectivity index (χ0n) is 13.2. The second-order valence-electron chi connectivity index (χ2n) is 6.33. The molecule has 4 nitrogen and oxygen atoms in total. The van der Waals surface area contributed by atoms with Gasteiger partial charge in [-0.15, -0.1) is 11.3 Å². The standard InChI is InChI=1S/C16H21N3OS2/c1-8(2)14-18-15(21-7-12(17)20)13-10-5-4-9(3)6-11(10)22-16(13)19-14/h8-9H,4-7H2,1-3H3,(H2,17,20)/t9-/m0/s1. The number of primary amides is 1. The van der Waals surface area contributed by atoms with Crippen molar-refractivity contribution in [1.29, 1.82) is 0 Å². The van der Waals surface area contributed by atoms with Gasteiger partial charge in [-0.25, -0.2) is 9.97 Å². The van der Waals surface area contributed by atoms with E-state index in [-0.39, 0.29) is 17.6 Å². The van der Waals surface area contributed by atoms with Crippen LogP contribution in [0.4, 0.5) is 0 Å². The lowest BCUT2D eigenvalue weighted by molar-refractivity contribution is -0.115. The van der Waals surface area contributed by atoms with Gasteiger partial charge in [-0.3, -0.25) is 4.79 Å².